The molecule has 0 spiro atoms. The van der Waals surface area contributed by atoms with Gasteiger partial charge >= 0.3 is 0 Å². The van der Waals surface area contributed by atoms with Gasteiger partial charge in [0.2, 0.25) is 5.76 Å². The van der Waals surface area contributed by atoms with Crippen LogP contribution in [0.1, 0.15) is 45.2 Å². The summed E-state index contributed by atoms with van der Waals surface area (Å²) >= 11 is 1.44. The molecule has 3 rings (SSSR count). The lowest BCUT2D eigenvalue weighted by Crippen LogP contribution is -2.37. The molecule has 110 valence electrons. The Morgan fingerprint density at radius 2 is 2.38 bits per heavy atom. The van der Waals surface area contributed by atoms with Gasteiger partial charge in [-0.15, -0.1) is 11.3 Å². The maximum atomic E-state index is 12.5. The van der Waals surface area contributed by atoms with E-state index in [0.717, 1.165) is 17.7 Å². The Bertz CT molecular complexity index is 648. The van der Waals surface area contributed by atoms with E-state index >= 15 is 0 Å². The molecule has 1 aliphatic heterocycles. The molecule has 1 fully saturated rings. The summed E-state index contributed by atoms with van der Waals surface area (Å²) in [5, 5.41) is 1.89. The number of carbonyl (C=O) groups is 2. The first-order valence-corrected chi connectivity index (χ1v) is 7.82. The number of hydrogen-bond donors (Lipinski definition) is 0. The third-order valence-corrected chi connectivity index (χ3v) is 4.71. The van der Waals surface area contributed by atoms with E-state index in [9.17, 15) is 9.59 Å². The van der Waals surface area contributed by atoms with Gasteiger partial charge in [-0.05, 0) is 31.2 Å². The highest BCUT2D eigenvalue weighted by Gasteiger charge is 2.33. The van der Waals surface area contributed by atoms with Gasteiger partial charge in [-0.2, -0.15) is 0 Å². The zero-order valence-corrected chi connectivity index (χ0v) is 12.6. The van der Waals surface area contributed by atoms with Crippen LogP contribution in [0.4, 0.5) is 0 Å². The molecule has 5 nitrogen and oxygen atoms in total. The standard InChI is InChI=1S/C15H16N2O3S/c1-10-14(20-9-16-10)15(19)17-6-2-4-11(17)8-12(18)13-5-3-7-21-13/h3,5,7,9,11H,2,4,6,8H2,1H3. The molecule has 0 aliphatic carbocycles. The summed E-state index contributed by atoms with van der Waals surface area (Å²) in [4.78, 5) is 31.2. The van der Waals surface area contributed by atoms with E-state index < -0.39 is 0 Å². The van der Waals surface area contributed by atoms with Crippen LogP contribution in [-0.4, -0.2) is 34.2 Å². The minimum Gasteiger partial charge on any atom is -0.438 e. The Balaban J connectivity index is 1.72. The second-order valence-electron chi connectivity index (χ2n) is 5.17. The fourth-order valence-corrected chi connectivity index (χ4v) is 3.38. The van der Waals surface area contributed by atoms with Crippen LogP contribution >= 0.6 is 11.3 Å². The maximum Gasteiger partial charge on any atom is 0.291 e. The number of ketones is 1. The van der Waals surface area contributed by atoms with Gasteiger partial charge in [0.15, 0.2) is 12.2 Å². The Kier molecular flexibility index (Phi) is 3.88. The molecule has 2 aromatic heterocycles. The van der Waals surface area contributed by atoms with E-state index in [1.807, 2.05) is 17.5 Å². The number of likely N-dealkylation sites (tertiary alicyclic amines) is 1. The number of oxazole rings is 1. The lowest BCUT2D eigenvalue weighted by molar-refractivity contribution is 0.0686. The normalized spacial score (nSPS) is 18.1. The SMILES string of the molecule is Cc1ncoc1C(=O)N1CCCC1CC(=O)c1cccs1. The Morgan fingerprint density at radius 3 is 3.05 bits per heavy atom. The van der Waals surface area contributed by atoms with E-state index in [1.165, 1.54) is 17.7 Å². The zero-order chi connectivity index (χ0) is 14.8. The Hall–Kier alpha value is -1.95. The van der Waals surface area contributed by atoms with Crippen molar-refractivity contribution in [2.24, 2.45) is 0 Å². The van der Waals surface area contributed by atoms with Crippen molar-refractivity contribution < 1.29 is 14.0 Å². The molecule has 0 N–H and O–H groups in total. The van der Waals surface area contributed by atoms with E-state index in [0.29, 0.717) is 18.7 Å². The van der Waals surface area contributed by atoms with E-state index in [4.69, 9.17) is 4.42 Å². The Labute approximate surface area is 126 Å². The van der Waals surface area contributed by atoms with E-state index in [2.05, 4.69) is 4.98 Å². The molecule has 1 atom stereocenters. The zero-order valence-electron chi connectivity index (χ0n) is 11.7. The summed E-state index contributed by atoms with van der Waals surface area (Å²) in [6.07, 6.45) is 3.43. The van der Waals surface area contributed by atoms with Crippen LogP contribution in [0.25, 0.3) is 0 Å². The summed E-state index contributed by atoms with van der Waals surface area (Å²) in [5.41, 5.74) is 0.593. The minimum atomic E-state index is -0.161. The molecule has 21 heavy (non-hydrogen) atoms. The lowest BCUT2D eigenvalue weighted by Gasteiger charge is -2.23. The van der Waals surface area contributed by atoms with Crippen molar-refractivity contribution in [1.82, 2.24) is 9.88 Å². The molecular weight excluding hydrogens is 288 g/mol. The van der Waals surface area contributed by atoms with Crippen molar-refractivity contribution in [2.45, 2.75) is 32.2 Å². The van der Waals surface area contributed by atoms with Gasteiger partial charge < -0.3 is 9.32 Å². The van der Waals surface area contributed by atoms with Crippen molar-refractivity contribution in [1.29, 1.82) is 0 Å². The van der Waals surface area contributed by atoms with Crippen molar-refractivity contribution in [3.05, 3.63) is 40.2 Å². The number of aromatic nitrogens is 1. The van der Waals surface area contributed by atoms with Crippen molar-refractivity contribution >= 4 is 23.0 Å². The van der Waals surface area contributed by atoms with Crippen LogP contribution in [0.2, 0.25) is 0 Å². The second kappa shape index (κ2) is 5.81. The predicted octanol–water partition coefficient (Wildman–Crippen LogP) is 2.92. The largest absolute Gasteiger partial charge is 0.438 e. The highest BCUT2D eigenvalue weighted by Crippen LogP contribution is 2.25. The van der Waals surface area contributed by atoms with Crippen molar-refractivity contribution in [3.63, 3.8) is 0 Å². The summed E-state index contributed by atoms with van der Waals surface area (Å²) in [5.74, 6) is 0.223. The molecule has 0 radical (unpaired) electrons. The van der Waals surface area contributed by atoms with Gasteiger partial charge in [0, 0.05) is 19.0 Å². The monoisotopic (exact) mass is 304 g/mol. The molecule has 1 saturated heterocycles. The average molecular weight is 304 g/mol. The Morgan fingerprint density at radius 1 is 1.52 bits per heavy atom. The van der Waals surface area contributed by atoms with Gasteiger partial charge in [0.05, 0.1) is 10.6 Å². The lowest BCUT2D eigenvalue weighted by atomic mass is 10.1. The summed E-state index contributed by atoms with van der Waals surface area (Å²) in [6.45, 7) is 2.42. The summed E-state index contributed by atoms with van der Waals surface area (Å²) in [7, 11) is 0. The number of amides is 1. The van der Waals surface area contributed by atoms with Gasteiger partial charge in [-0.1, -0.05) is 6.07 Å². The molecule has 1 amide bonds. The molecule has 2 aromatic rings. The van der Waals surface area contributed by atoms with Crippen LogP contribution in [0.5, 0.6) is 0 Å². The van der Waals surface area contributed by atoms with Gasteiger partial charge in [0.1, 0.15) is 0 Å². The third-order valence-electron chi connectivity index (χ3n) is 3.79. The molecule has 1 aliphatic rings. The fourth-order valence-electron chi connectivity index (χ4n) is 2.70. The number of hydrogen-bond acceptors (Lipinski definition) is 5. The number of carbonyl (C=O) groups excluding carboxylic acids is 2. The molecule has 0 bridgehead atoms. The summed E-state index contributed by atoms with van der Waals surface area (Å²) in [6, 6.07) is 3.65. The smallest absolute Gasteiger partial charge is 0.291 e. The second-order valence-corrected chi connectivity index (χ2v) is 6.11. The predicted molar refractivity (Wildman–Crippen MR) is 78.6 cm³/mol. The maximum absolute atomic E-state index is 12.5. The number of thiophene rings is 1. The van der Waals surface area contributed by atoms with Crippen LogP contribution < -0.4 is 0 Å². The summed E-state index contributed by atoms with van der Waals surface area (Å²) < 4.78 is 5.18. The van der Waals surface area contributed by atoms with Gasteiger partial charge in [-0.25, -0.2) is 4.98 Å². The first-order valence-electron chi connectivity index (χ1n) is 6.94. The third kappa shape index (κ3) is 2.76. The van der Waals surface area contributed by atoms with Crippen LogP contribution in [0, 0.1) is 6.92 Å². The van der Waals surface area contributed by atoms with Crippen molar-refractivity contribution in [2.75, 3.05) is 6.54 Å². The quantitative estimate of drug-likeness (QED) is 0.815. The highest BCUT2D eigenvalue weighted by atomic mass is 32.1. The molecule has 1 unspecified atom stereocenters. The van der Waals surface area contributed by atoms with Gasteiger partial charge in [-0.3, -0.25) is 9.59 Å². The average Bonchev–Trinajstić information content (AvgIpc) is 3.19. The number of rotatable bonds is 4. The molecule has 0 aromatic carbocycles. The number of aryl methyl sites for hydroxylation is 1. The topological polar surface area (TPSA) is 63.4 Å². The van der Waals surface area contributed by atoms with Crippen molar-refractivity contribution in [3.8, 4) is 0 Å². The number of Topliss-reactive ketones (excluding diaryl/α,β-unsaturated/α-hetero) is 1. The van der Waals surface area contributed by atoms with Crippen LogP contribution in [0.15, 0.2) is 28.3 Å². The van der Waals surface area contributed by atoms with E-state index in [1.54, 1.807) is 11.8 Å². The fraction of sp³-hybridized carbons (Fsp3) is 0.400. The number of nitrogens with zero attached hydrogens (tertiary/aromatic N) is 2. The highest BCUT2D eigenvalue weighted by molar-refractivity contribution is 7.12. The molecule has 0 saturated carbocycles. The minimum absolute atomic E-state index is 0.0448. The van der Waals surface area contributed by atoms with Gasteiger partial charge in [0.25, 0.3) is 5.91 Å². The molecular formula is C15H16N2O3S. The molecule has 3 heterocycles. The van der Waals surface area contributed by atoms with Crippen LogP contribution in [-0.2, 0) is 0 Å². The molecule has 6 heteroatoms. The van der Waals surface area contributed by atoms with Crippen LogP contribution in [0.3, 0.4) is 0 Å². The first kappa shape index (κ1) is 14.0. The first-order chi connectivity index (χ1) is 10.2. The van der Waals surface area contributed by atoms with E-state index in [-0.39, 0.29) is 23.5 Å².